The zero-order chi connectivity index (χ0) is 14.9. The average molecular weight is 301 g/mol. The molecule has 3 heterocycles. The van der Waals surface area contributed by atoms with Crippen LogP contribution in [0.4, 0.5) is 0 Å². The maximum atomic E-state index is 10.8. The van der Waals surface area contributed by atoms with Gasteiger partial charge in [-0.25, -0.2) is 0 Å². The first-order valence-electron chi connectivity index (χ1n) is 7.79. The highest BCUT2D eigenvalue weighted by atomic mass is 16.7. The van der Waals surface area contributed by atoms with E-state index >= 15 is 0 Å². The Morgan fingerprint density at radius 1 is 1.32 bits per heavy atom. The Labute approximate surface area is 129 Å². The average Bonchev–Trinajstić information content (AvgIpc) is 3.06. The van der Waals surface area contributed by atoms with E-state index in [9.17, 15) is 5.11 Å². The summed E-state index contributed by atoms with van der Waals surface area (Å²) in [5.41, 5.74) is 2.08. The molecule has 1 aromatic rings. The Bertz CT molecular complexity index is 673. The molecular formula is C17H19NO4. The van der Waals surface area contributed by atoms with Crippen molar-refractivity contribution < 1.29 is 19.3 Å². The first-order valence-corrected chi connectivity index (χ1v) is 7.79. The molecule has 0 aromatic heterocycles. The molecule has 5 atom stereocenters. The number of hydrogen-bond donors (Lipinski definition) is 1. The minimum absolute atomic E-state index is 0.126. The van der Waals surface area contributed by atoms with Crippen LogP contribution >= 0.6 is 0 Å². The quantitative estimate of drug-likeness (QED) is 0.790. The summed E-state index contributed by atoms with van der Waals surface area (Å²) in [5.74, 6) is 1.61. The summed E-state index contributed by atoms with van der Waals surface area (Å²) in [6, 6.07) is 4.44. The van der Waals surface area contributed by atoms with Gasteiger partial charge in [0.1, 0.15) is 0 Å². The number of rotatable bonds is 1. The second-order valence-electron chi connectivity index (χ2n) is 6.63. The fraction of sp³-hybridized carbons (Fsp3) is 0.529. The maximum Gasteiger partial charge on any atom is 0.231 e. The van der Waals surface area contributed by atoms with Gasteiger partial charge in [0.15, 0.2) is 11.5 Å². The van der Waals surface area contributed by atoms with Gasteiger partial charge in [-0.2, -0.15) is 0 Å². The second kappa shape index (κ2) is 4.25. The summed E-state index contributed by atoms with van der Waals surface area (Å²) in [7, 11) is 1.75. The topological polar surface area (TPSA) is 51.2 Å². The number of aliphatic hydroxyl groups excluding tert-OH is 1. The van der Waals surface area contributed by atoms with Crippen LogP contribution < -0.4 is 9.47 Å². The van der Waals surface area contributed by atoms with E-state index < -0.39 is 6.10 Å². The molecule has 5 rings (SSSR count). The van der Waals surface area contributed by atoms with Crippen LogP contribution in [0.3, 0.4) is 0 Å². The van der Waals surface area contributed by atoms with Gasteiger partial charge in [-0.05, 0) is 29.7 Å². The number of fused-ring (bicyclic) bond motifs is 2. The molecule has 3 aliphatic heterocycles. The van der Waals surface area contributed by atoms with Crippen molar-refractivity contribution in [3.63, 3.8) is 0 Å². The standard InChI is InChI=1S/C17H19NO4/c1-20-11-2-3-17-12-6-14-13(21-9-22-14)4-10(12)7-18(8-16(17)19)15(17)5-11/h2-4,6,11,15-16,19H,5,7-9H2,1H3/t11-,15+,16-,17-/m1/s1. The van der Waals surface area contributed by atoms with Gasteiger partial charge in [0.05, 0.1) is 17.6 Å². The molecule has 1 aliphatic carbocycles. The van der Waals surface area contributed by atoms with Crippen LogP contribution in [-0.2, 0) is 16.7 Å². The molecule has 116 valence electrons. The molecule has 1 N–H and O–H groups in total. The van der Waals surface area contributed by atoms with Crippen molar-refractivity contribution in [1.29, 1.82) is 0 Å². The molecule has 4 aliphatic rings. The maximum absolute atomic E-state index is 10.8. The third-order valence-electron chi connectivity index (χ3n) is 5.73. The summed E-state index contributed by atoms with van der Waals surface area (Å²) in [6.45, 7) is 1.83. The number of nitrogens with zero attached hydrogens (tertiary/aromatic N) is 1. The zero-order valence-electron chi connectivity index (χ0n) is 12.5. The van der Waals surface area contributed by atoms with Crippen molar-refractivity contribution in [2.24, 2.45) is 0 Å². The summed E-state index contributed by atoms with van der Waals surface area (Å²) in [4.78, 5) is 2.38. The summed E-state index contributed by atoms with van der Waals surface area (Å²) in [6.07, 6.45) is 4.91. The predicted molar refractivity (Wildman–Crippen MR) is 79.0 cm³/mol. The van der Waals surface area contributed by atoms with Gasteiger partial charge < -0.3 is 19.3 Å². The third kappa shape index (κ3) is 1.44. The van der Waals surface area contributed by atoms with Crippen molar-refractivity contribution >= 4 is 0 Å². The molecule has 0 amide bonds. The molecule has 1 aromatic carbocycles. The van der Waals surface area contributed by atoms with Crippen LogP contribution in [0.1, 0.15) is 17.5 Å². The number of aliphatic hydroxyl groups is 1. The van der Waals surface area contributed by atoms with Crippen LogP contribution in [0.5, 0.6) is 11.5 Å². The lowest BCUT2D eigenvalue weighted by Gasteiger charge is -2.46. The van der Waals surface area contributed by atoms with E-state index in [-0.39, 0.29) is 24.4 Å². The van der Waals surface area contributed by atoms with Crippen molar-refractivity contribution in [3.8, 4) is 11.5 Å². The Kier molecular flexibility index (Phi) is 2.50. The van der Waals surface area contributed by atoms with E-state index in [2.05, 4.69) is 29.2 Å². The van der Waals surface area contributed by atoms with Gasteiger partial charge in [0.2, 0.25) is 6.79 Å². The van der Waals surface area contributed by atoms with E-state index in [1.165, 1.54) is 11.1 Å². The third-order valence-corrected chi connectivity index (χ3v) is 5.73. The van der Waals surface area contributed by atoms with Crippen molar-refractivity contribution in [1.82, 2.24) is 4.90 Å². The highest BCUT2D eigenvalue weighted by Crippen LogP contribution is 2.53. The molecule has 5 heteroatoms. The Morgan fingerprint density at radius 3 is 2.95 bits per heavy atom. The minimum Gasteiger partial charge on any atom is -0.454 e. The predicted octanol–water partition coefficient (Wildman–Crippen LogP) is 1.19. The van der Waals surface area contributed by atoms with Crippen molar-refractivity contribution in [2.45, 2.75) is 36.6 Å². The van der Waals surface area contributed by atoms with Crippen molar-refractivity contribution in [2.75, 3.05) is 20.4 Å². The van der Waals surface area contributed by atoms with Gasteiger partial charge in [-0.3, -0.25) is 4.90 Å². The zero-order valence-corrected chi connectivity index (χ0v) is 12.5. The first-order chi connectivity index (χ1) is 10.7. The fourth-order valence-corrected chi connectivity index (χ4v) is 4.69. The highest BCUT2D eigenvalue weighted by molar-refractivity contribution is 5.56. The van der Waals surface area contributed by atoms with E-state index in [1.807, 2.05) is 0 Å². The molecule has 0 saturated carbocycles. The number of hydrogen-bond acceptors (Lipinski definition) is 5. The van der Waals surface area contributed by atoms with E-state index in [1.54, 1.807) is 7.11 Å². The number of ether oxygens (including phenoxy) is 3. The van der Waals surface area contributed by atoms with Gasteiger partial charge in [0.25, 0.3) is 0 Å². The van der Waals surface area contributed by atoms with E-state index in [0.717, 1.165) is 24.5 Å². The lowest BCUT2D eigenvalue weighted by Crippen LogP contribution is -2.52. The van der Waals surface area contributed by atoms with Crippen LogP contribution in [-0.4, -0.2) is 48.7 Å². The highest BCUT2D eigenvalue weighted by Gasteiger charge is 2.58. The number of benzene rings is 1. The summed E-state index contributed by atoms with van der Waals surface area (Å²) in [5, 5.41) is 10.8. The van der Waals surface area contributed by atoms with Crippen LogP contribution in [0.15, 0.2) is 24.3 Å². The first kappa shape index (κ1) is 12.9. The summed E-state index contributed by atoms with van der Waals surface area (Å²) < 4.78 is 16.6. The second-order valence-corrected chi connectivity index (χ2v) is 6.63. The van der Waals surface area contributed by atoms with Gasteiger partial charge in [-0.1, -0.05) is 12.2 Å². The van der Waals surface area contributed by atoms with E-state index in [4.69, 9.17) is 14.2 Å². The molecule has 2 bridgehead atoms. The smallest absolute Gasteiger partial charge is 0.231 e. The monoisotopic (exact) mass is 301 g/mol. The van der Waals surface area contributed by atoms with Gasteiger partial charge in [0, 0.05) is 26.2 Å². The Balaban J connectivity index is 1.72. The molecule has 1 saturated heterocycles. The Morgan fingerprint density at radius 2 is 2.14 bits per heavy atom. The number of methoxy groups -OCH3 is 1. The van der Waals surface area contributed by atoms with Gasteiger partial charge >= 0.3 is 0 Å². The lowest BCUT2D eigenvalue weighted by atomic mass is 9.65. The van der Waals surface area contributed by atoms with Gasteiger partial charge in [-0.15, -0.1) is 0 Å². The molecule has 22 heavy (non-hydrogen) atoms. The van der Waals surface area contributed by atoms with Crippen LogP contribution in [0.2, 0.25) is 0 Å². The minimum atomic E-state index is -0.395. The largest absolute Gasteiger partial charge is 0.454 e. The normalized spacial score (nSPS) is 40.5. The molecular weight excluding hydrogens is 282 g/mol. The van der Waals surface area contributed by atoms with Crippen molar-refractivity contribution in [3.05, 3.63) is 35.4 Å². The molecule has 0 spiro atoms. The van der Waals surface area contributed by atoms with Crippen LogP contribution in [0, 0.1) is 0 Å². The summed E-state index contributed by atoms with van der Waals surface area (Å²) >= 11 is 0. The lowest BCUT2D eigenvalue weighted by molar-refractivity contribution is 0.0660. The molecule has 0 radical (unpaired) electrons. The SMILES string of the molecule is CO[C@@H]1C=C[C@]23c4cc5c(cc4CN(C[C@H]2O)[C@H]3C1)OCO5. The molecule has 1 fully saturated rings. The fourth-order valence-electron chi connectivity index (χ4n) is 4.69. The van der Waals surface area contributed by atoms with Crippen LogP contribution in [0.25, 0.3) is 0 Å². The van der Waals surface area contributed by atoms with E-state index in [0.29, 0.717) is 6.54 Å². The Hall–Kier alpha value is -1.56. The molecule has 1 unspecified atom stereocenters. The molecule has 5 nitrogen and oxygen atoms in total.